The Morgan fingerprint density at radius 2 is 1.81 bits per heavy atom. The van der Waals surface area contributed by atoms with E-state index < -0.39 is 5.91 Å². The summed E-state index contributed by atoms with van der Waals surface area (Å²) in [7, 11) is 1.55. The number of halogens is 1. The Morgan fingerprint density at radius 3 is 2.52 bits per heavy atom. The molecule has 1 N–H and O–H groups in total. The van der Waals surface area contributed by atoms with Crippen molar-refractivity contribution >= 4 is 29.6 Å². The van der Waals surface area contributed by atoms with Crippen LogP contribution in [0, 0.1) is 5.92 Å². The molecule has 31 heavy (non-hydrogen) atoms. The second-order valence-corrected chi connectivity index (χ2v) is 7.82. The van der Waals surface area contributed by atoms with Gasteiger partial charge in [0.1, 0.15) is 6.61 Å². The number of hydrogen-bond donors (Lipinski definition) is 1. The Hall–Kier alpha value is -2.99. The van der Waals surface area contributed by atoms with Gasteiger partial charge in [-0.25, -0.2) is 4.79 Å². The highest BCUT2D eigenvalue weighted by atomic mass is 35.5. The maximum absolute atomic E-state index is 12.0. The fourth-order valence-corrected chi connectivity index (χ4v) is 3.50. The summed E-state index contributed by atoms with van der Waals surface area (Å²) < 4.78 is 11.2. The molecule has 1 fully saturated rings. The zero-order valence-electron chi connectivity index (χ0n) is 17.4. The molecule has 0 radical (unpaired) electrons. The van der Waals surface area contributed by atoms with Crippen molar-refractivity contribution < 1.29 is 23.9 Å². The van der Waals surface area contributed by atoms with Crippen molar-refractivity contribution in [2.75, 3.05) is 7.11 Å². The summed E-state index contributed by atoms with van der Waals surface area (Å²) in [6.45, 7) is 0.373. The monoisotopic (exact) mass is 443 g/mol. The van der Waals surface area contributed by atoms with Gasteiger partial charge in [-0.15, -0.1) is 0 Å². The molecule has 0 aromatic heterocycles. The van der Waals surface area contributed by atoms with Crippen molar-refractivity contribution in [2.24, 2.45) is 5.92 Å². The van der Waals surface area contributed by atoms with Crippen molar-refractivity contribution in [3.63, 3.8) is 0 Å². The lowest BCUT2D eigenvalue weighted by Gasteiger charge is -2.19. The number of ether oxygens (including phenoxy) is 2. The highest BCUT2D eigenvalue weighted by Gasteiger charge is 2.23. The van der Waals surface area contributed by atoms with Gasteiger partial charge in [0.25, 0.3) is 5.91 Å². The number of hydrogen-bond acceptors (Lipinski definition) is 5. The second-order valence-electron chi connectivity index (χ2n) is 7.38. The first-order chi connectivity index (χ1) is 15.0. The molecule has 0 saturated heterocycles. The van der Waals surface area contributed by atoms with Crippen molar-refractivity contribution in [2.45, 2.75) is 38.7 Å². The van der Waals surface area contributed by atoms with Crippen LogP contribution in [0.15, 0.2) is 48.5 Å². The van der Waals surface area contributed by atoms with Gasteiger partial charge in [-0.2, -0.15) is 5.48 Å². The summed E-state index contributed by atoms with van der Waals surface area (Å²) in [6, 6.07) is 12.7. The third-order valence-electron chi connectivity index (χ3n) is 5.11. The lowest BCUT2D eigenvalue weighted by Crippen LogP contribution is -2.30. The van der Waals surface area contributed by atoms with Crippen LogP contribution in [-0.4, -0.2) is 19.0 Å². The number of hydroxylamine groups is 1. The highest BCUT2D eigenvalue weighted by Crippen LogP contribution is 2.29. The van der Waals surface area contributed by atoms with E-state index in [2.05, 4.69) is 5.48 Å². The molecular weight excluding hydrogens is 418 g/mol. The topological polar surface area (TPSA) is 73.9 Å². The minimum absolute atomic E-state index is 0.122. The van der Waals surface area contributed by atoms with E-state index in [-0.39, 0.29) is 11.9 Å². The molecule has 7 heteroatoms. The van der Waals surface area contributed by atoms with Crippen LogP contribution in [0.1, 0.15) is 43.2 Å². The summed E-state index contributed by atoms with van der Waals surface area (Å²) in [5, 5.41) is 0.672. The number of carbonyl (C=O) groups excluding carboxylic acids is 2. The molecule has 1 saturated carbocycles. The van der Waals surface area contributed by atoms with E-state index >= 15 is 0 Å². The largest absolute Gasteiger partial charge is 0.493 e. The Kier molecular flexibility index (Phi) is 8.35. The normalized spacial score (nSPS) is 14.3. The number of rotatable bonds is 7. The van der Waals surface area contributed by atoms with Crippen molar-refractivity contribution in [1.82, 2.24) is 5.48 Å². The van der Waals surface area contributed by atoms with Crippen LogP contribution in [-0.2, 0) is 21.0 Å². The summed E-state index contributed by atoms with van der Waals surface area (Å²) in [5.41, 5.74) is 3.91. The average Bonchev–Trinajstić information content (AvgIpc) is 2.81. The van der Waals surface area contributed by atoms with Crippen LogP contribution in [0.5, 0.6) is 11.5 Å². The maximum atomic E-state index is 12.0. The Balaban J connectivity index is 1.52. The number of carbonyl (C=O) groups is 2. The van der Waals surface area contributed by atoms with Gasteiger partial charge >= 0.3 is 5.97 Å². The van der Waals surface area contributed by atoms with E-state index in [1.807, 2.05) is 24.3 Å². The van der Waals surface area contributed by atoms with E-state index in [1.165, 1.54) is 6.08 Å². The minimum atomic E-state index is -0.508. The average molecular weight is 444 g/mol. The van der Waals surface area contributed by atoms with Crippen LogP contribution in [0.3, 0.4) is 0 Å². The van der Waals surface area contributed by atoms with Crippen LogP contribution in [0.2, 0.25) is 5.02 Å². The standard InChI is InChI=1S/C24H26ClNO5/c1-29-22-15-17(9-13-21(22)30-16-18-7-11-20(25)12-8-18)10-14-23(27)26-31-24(28)19-5-3-2-4-6-19/h7-15,19H,2-6,16H2,1H3,(H,26,27). The zero-order valence-corrected chi connectivity index (χ0v) is 18.2. The van der Waals surface area contributed by atoms with Crippen molar-refractivity contribution in [3.05, 3.63) is 64.7 Å². The molecule has 1 aliphatic rings. The zero-order chi connectivity index (χ0) is 22.1. The third kappa shape index (κ3) is 7.03. The predicted molar refractivity (Wildman–Crippen MR) is 119 cm³/mol. The fraction of sp³-hybridized carbons (Fsp3) is 0.333. The van der Waals surface area contributed by atoms with E-state index in [0.29, 0.717) is 23.1 Å². The van der Waals surface area contributed by atoms with Gasteiger partial charge in [-0.05, 0) is 54.3 Å². The van der Waals surface area contributed by atoms with Crippen LogP contribution in [0.25, 0.3) is 6.08 Å². The minimum Gasteiger partial charge on any atom is -0.493 e. The van der Waals surface area contributed by atoms with Gasteiger partial charge in [-0.1, -0.05) is 49.1 Å². The van der Waals surface area contributed by atoms with Gasteiger partial charge in [0.2, 0.25) is 0 Å². The lowest BCUT2D eigenvalue weighted by atomic mass is 9.89. The molecule has 0 bridgehead atoms. The van der Waals surface area contributed by atoms with E-state index in [0.717, 1.165) is 43.2 Å². The summed E-state index contributed by atoms with van der Waals surface area (Å²) >= 11 is 5.90. The molecule has 3 rings (SSSR count). The van der Waals surface area contributed by atoms with Crippen molar-refractivity contribution in [1.29, 1.82) is 0 Å². The first-order valence-electron chi connectivity index (χ1n) is 10.3. The molecule has 2 aromatic carbocycles. The lowest BCUT2D eigenvalue weighted by molar-refractivity contribution is -0.161. The molecule has 2 aromatic rings. The molecule has 0 aliphatic heterocycles. The predicted octanol–water partition coefficient (Wildman–Crippen LogP) is 5.10. The van der Waals surface area contributed by atoms with E-state index in [1.54, 1.807) is 31.4 Å². The third-order valence-corrected chi connectivity index (χ3v) is 5.37. The quantitative estimate of drug-likeness (QED) is 0.476. The molecule has 1 aliphatic carbocycles. The van der Waals surface area contributed by atoms with Gasteiger partial charge in [0, 0.05) is 11.1 Å². The van der Waals surface area contributed by atoms with E-state index in [9.17, 15) is 9.59 Å². The first-order valence-corrected chi connectivity index (χ1v) is 10.7. The Morgan fingerprint density at radius 1 is 1.06 bits per heavy atom. The van der Waals surface area contributed by atoms with E-state index in [4.69, 9.17) is 25.9 Å². The highest BCUT2D eigenvalue weighted by molar-refractivity contribution is 6.30. The molecule has 0 unspecified atom stereocenters. The number of benzene rings is 2. The van der Waals surface area contributed by atoms with Crippen LogP contribution in [0.4, 0.5) is 0 Å². The van der Waals surface area contributed by atoms with Gasteiger partial charge < -0.3 is 14.3 Å². The molecule has 1 amide bonds. The van der Waals surface area contributed by atoms with Gasteiger partial charge in [-0.3, -0.25) is 4.79 Å². The summed E-state index contributed by atoms with van der Waals surface area (Å²) in [4.78, 5) is 28.9. The summed E-state index contributed by atoms with van der Waals surface area (Å²) in [5.74, 6) is 0.125. The van der Waals surface area contributed by atoms with Crippen LogP contribution < -0.4 is 15.0 Å². The van der Waals surface area contributed by atoms with Crippen LogP contribution >= 0.6 is 11.6 Å². The maximum Gasteiger partial charge on any atom is 0.335 e. The molecule has 0 atom stereocenters. The number of methoxy groups -OCH3 is 1. The summed E-state index contributed by atoms with van der Waals surface area (Å²) in [6.07, 6.45) is 7.73. The van der Waals surface area contributed by atoms with Crippen molar-refractivity contribution in [3.8, 4) is 11.5 Å². The molecule has 0 spiro atoms. The molecule has 6 nitrogen and oxygen atoms in total. The number of amides is 1. The van der Waals surface area contributed by atoms with Gasteiger partial charge in [0.15, 0.2) is 11.5 Å². The van der Waals surface area contributed by atoms with Gasteiger partial charge in [0.05, 0.1) is 13.0 Å². The second kappa shape index (κ2) is 11.4. The molecule has 164 valence electrons. The Labute approximate surface area is 187 Å². The number of nitrogens with one attached hydrogen (secondary N) is 1. The molecule has 0 heterocycles. The molecular formula is C24H26ClNO5. The smallest absolute Gasteiger partial charge is 0.335 e. The Bertz CT molecular complexity index is 920. The first kappa shape index (κ1) is 22.7. The fourth-order valence-electron chi connectivity index (χ4n) is 3.38. The SMILES string of the molecule is COc1cc(C=CC(=O)NOC(=O)C2CCCCC2)ccc1OCc1ccc(Cl)cc1.